The summed E-state index contributed by atoms with van der Waals surface area (Å²) in [5.41, 5.74) is 0.529. The van der Waals surface area contributed by atoms with E-state index in [1.165, 1.54) is 45.2 Å². The molecule has 1 aliphatic heterocycles. The highest BCUT2D eigenvalue weighted by molar-refractivity contribution is 4.88. The smallest absolute Gasteiger partial charge is 0.00849 e. The van der Waals surface area contributed by atoms with E-state index >= 15 is 0 Å². The van der Waals surface area contributed by atoms with E-state index in [9.17, 15) is 0 Å². The van der Waals surface area contributed by atoms with Crippen molar-refractivity contribution in [2.24, 2.45) is 5.41 Å². The predicted molar refractivity (Wildman–Crippen MR) is 60.4 cm³/mol. The maximum atomic E-state index is 3.63. The lowest BCUT2D eigenvalue weighted by molar-refractivity contribution is 0.329. The number of hydrogen-bond acceptors (Lipinski definition) is 2. The minimum atomic E-state index is 0.529. The lowest BCUT2D eigenvalue weighted by Crippen LogP contribution is -2.37. The second-order valence-electron chi connectivity index (χ2n) is 5.82. The molecule has 2 rings (SSSR count). The Balaban J connectivity index is 1.57. The third-order valence-corrected chi connectivity index (χ3v) is 3.70. The van der Waals surface area contributed by atoms with Crippen molar-refractivity contribution in [2.75, 3.05) is 13.1 Å². The Kier molecular flexibility index (Phi) is 3.13. The largest absolute Gasteiger partial charge is 0.314 e. The van der Waals surface area contributed by atoms with Gasteiger partial charge in [-0.05, 0) is 37.6 Å². The van der Waals surface area contributed by atoms with Crippen LogP contribution in [0.1, 0.15) is 46.0 Å². The fraction of sp³-hybridized carbons (Fsp3) is 1.00. The fourth-order valence-electron chi connectivity index (χ4n) is 2.51. The van der Waals surface area contributed by atoms with Crippen molar-refractivity contribution in [3.8, 4) is 0 Å². The summed E-state index contributed by atoms with van der Waals surface area (Å²) in [5.74, 6) is 0. The van der Waals surface area contributed by atoms with Gasteiger partial charge in [0.2, 0.25) is 0 Å². The van der Waals surface area contributed by atoms with Crippen LogP contribution < -0.4 is 10.6 Å². The molecule has 0 amide bonds. The Morgan fingerprint density at radius 3 is 2.64 bits per heavy atom. The van der Waals surface area contributed by atoms with E-state index in [4.69, 9.17) is 0 Å². The van der Waals surface area contributed by atoms with Crippen molar-refractivity contribution in [3.05, 3.63) is 0 Å². The normalized spacial score (nSPS) is 31.7. The van der Waals surface area contributed by atoms with Gasteiger partial charge in [-0.15, -0.1) is 0 Å². The summed E-state index contributed by atoms with van der Waals surface area (Å²) in [6.45, 7) is 7.12. The predicted octanol–water partition coefficient (Wildman–Crippen LogP) is 1.91. The summed E-state index contributed by atoms with van der Waals surface area (Å²) >= 11 is 0. The molecule has 14 heavy (non-hydrogen) atoms. The maximum Gasteiger partial charge on any atom is 0.00849 e. The zero-order valence-electron chi connectivity index (χ0n) is 9.60. The van der Waals surface area contributed by atoms with Crippen LogP contribution in [0, 0.1) is 5.41 Å². The van der Waals surface area contributed by atoms with E-state index in [-0.39, 0.29) is 0 Å². The second-order valence-corrected chi connectivity index (χ2v) is 5.82. The van der Waals surface area contributed by atoms with Crippen LogP contribution in [0.4, 0.5) is 0 Å². The van der Waals surface area contributed by atoms with Crippen molar-refractivity contribution >= 4 is 0 Å². The third kappa shape index (κ3) is 2.71. The molecule has 2 nitrogen and oxygen atoms in total. The molecule has 1 heterocycles. The van der Waals surface area contributed by atoms with Crippen LogP contribution >= 0.6 is 0 Å². The minimum absolute atomic E-state index is 0.529. The Labute approximate surface area is 87.8 Å². The molecule has 2 N–H and O–H groups in total. The van der Waals surface area contributed by atoms with Crippen LogP contribution in [-0.4, -0.2) is 25.2 Å². The molecule has 2 heteroatoms. The van der Waals surface area contributed by atoms with E-state index in [1.54, 1.807) is 0 Å². The molecule has 0 aromatic rings. The topological polar surface area (TPSA) is 24.1 Å². The Morgan fingerprint density at radius 1 is 1.36 bits per heavy atom. The van der Waals surface area contributed by atoms with Crippen molar-refractivity contribution in [3.63, 3.8) is 0 Å². The van der Waals surface area contributed by atoms with Crippen molar-refractivity contribution in [1.82, 2.24) is 10.6 Å². The van der Waals surface area contributed by atoms with E-state index in [0.29, 0.717) is 5.41 Å². The first-order valence-corrected chi connectivity index (χ1v) is 6.12. The molecule has 1 saturated carbocycles. The number of hydrogen-bond donors (Lipinski definition) is 2. The highest BCUT2D eigenvalue weighted by atomic mass is 15.0. The molecule has 0 spiro atoms. The summed E-state index contributed by atoms with van der Waals surface area (Å²) in [6.07, 6.45) is 6.90. The summed E-state index contributed by atoms with van der Waals surface area (Å²) in [7, 11) is 0. The molecule has 0 aromatic heterocycles. The van der Waals surface area contributed by atoms with E-state index in [1.807, 2.05) is 0 Å². The lowest BCUT2D eigenvalue weighted by Gasteiger charge is -2.27. The Hall–Kier alpha value is -0.0800. The number of rotatable bonds is 4. The van der Waals surface area contributed by atoms with Crippen LogP contribution in [0.3, 0.4) is 0 Å². The van der Waals surface area contributed by atoms with E-state index < -0.39 is 0 Å². The van der Waals surface area contributed by atoms with Gasteiger partial charge in [-0.2, -0.15) is 0 Å². The van der Waals surface area contributed by atoms with Crippen LogP contribution in [-0.2, 0) is 0 Å². The molecule has 0 bridgehead atoms. The van der Waals surface area contributed by atoms with Gasteiger partial charge in [0.15, 0.2) is 0 Å². The van der Waals surface area contributed by atoms with E-state index in [2.05, 4.69) is 24.5 Å². The van der Waals surface area contributed by atoms with Gasteiger partial charge in [0.25, 0.3) is 0 Å². The molecule has 1 atom stereocenters. The molecule has 1 aliphatic carbocycles. The monoisotopic (exact) mass is 196 g/mol. The van der Waals surface area contributed by atoms with Gasteiger partial charge < -0.3 is 10.6 Å². The average molecular weight is 196 g/mol. The molecule has 1 unspecified atom stereocenters. The van der Waals surface area contributed by atoms with Gasteiger partial charge in [-0.3, -0.25) is 0 Å². The quantitative estimate of drug-likeness (QED) is 0.717. The first-order chi connectivity index (χ1) is 6.66. The van der Waals surface area contributed by atoms with Crippen molar-refractivity contribution in [2.45, 2.75) is 58.0 Å². The number of nitrogens with one attached hydrogen (secondary N) is 2. The molecule has 2 aliphatic rings. The molecule has 0 radical (unpaired) electrons. The lowest BCUT2D eigenvalue weighted by atomic mass is 9.89. The van der Waals surface area contributed by atoms with Crippen LogP contribution in [0.5, 0.6) is 0 Å². The van der Waals surface area contributed by atoms with Gasteiger partial charge in [0, 0.05) is 18.6 Å². The van der Waals surface area contributed by atoms with Crippen LogP contribution in [0.2, 0.25) is 0 Å². The average Bonchev–Trinajstić information content (AvgIpc) is 2.36. The van der Waals surface area contributed by atoms with Gasteiger partial charge in [-0.25, -0.2) is 0 Å². The second kappa shape index (κ2) is 4.19. The third-order valence-electron chi connectivity index (χ3n) is 3.70. The van der Waals surface area contributed by atoms with Gasteiger partial charge in [-0.1, -0.05) is 20.3 Å². The summed E-state index contributed by atoms with van der Waals surface area (Å²) in [6, 6.07) is 1.61. The first kappa shape index (κ1) is 10.4. The van der Waals surface area contributed by atoms with Crippen LogP contribution in [0.15, 0.2) is 0 Å². The minimum Gasteiger partial charge on any atom is -0.314 e. The molecule has 82 valence electrons. The molecular weight excluding hydrogens is 172 g/mol. The SMILES string of the molecule is CC1(C)CNC(CCNC2CCC2)C1. The van der Waals surface area contributed by atoms with E-state index in [0.717, 1.165) is 12.1 Å². The zero-order chi connectivity index (χ0) is 10.0. The Bertz CT molecular complexity index is 185. The zero-order valence-corrected chi connectivity index (χ0v) is 9.60. The standard InChI is InChI=1S/C12H24N2/c1-12(2)8-11(14-9-12)6-7-13-10-4-3-5-10/h10-11,13-14H,3-9H2,1-2H3. The molecule has 1 saturated heterocycles. The summed E-state index contributed by atoms with van der Waals surface area (Å²) < 4.78 is 0. The first-order valence-electron chi connectivity index (χ1n) is 6.12. The highest BCUT2D eigenvalue weighted by Gasteiger charge is 2.30. The summed E-state index contributed by atoms with van der Waals surface area (Å²) in [5, 5.41) is 7.25. The Morgan fingerprint density at radius 2 is 2.14 bits per heavy atom. The molecular formula is C12H24N2. The maximum absolute atomic E-state index is 3.63. The molecule has 0 aromatic carbocycles. The summed E-state index contributed by atoms with van der Waals surface area (Å²) in [4.78, 5) is 0. The van der Waals surface area contributed by atoms with Crippen molar-refractivity contribution in [1.29, 1.82) is 0 Å². The molecule has 2 fully saturated rings. The van der Waals surface area contributed by atoms with Gasteiger partial charge in [0.05, 0.1) is 0 Å². The van der Waals surface area contributed by atoms with Gasteiger partial charge >= 0.3 is 0 Å². The van der Waals surface area contributed by atoms with Gasteiger partial charge in [0.1, 0.15) is 0 Å². The van der Waals surface area contributed by atoms with Crippen LogP contribution in [0.25, 0.3) is 0 Å². The highest BCUT2D eigenvalue weighted by Crippen LogP contribution is 2.28. The fourth-order valence-corrected chi connectivity index (χ4v) is 2.51. The van der Waals surface area contributed by atoms with Crippen molar-refractivity contribution < 1.29 is 0 Å².